The van der Waals surface area contributed by atoms with Crippen molar-refractivity contribution in [1.29, 1.82) is 0 Å². The fourth-order valence-corrected chi connectivity index (χ4v) is 2.05. The highest BCUT2D eigenvalue weighted by molar-refractivity contribution is 9.09. The van der Waals surface area contributed by atoms with E-state index in [9.17, 15) is 13.2 Å². The van der Waals surface area contributed by atoms with Crippen molar-refractivity contribution in [1.82, 2.24) is 9.88 Å². The van der Waals surface area contributed by atoms with Gasteiger partial charge in [-0.1, -0.05) is 22.0 Å². The average Bonchev–Trinajstić information content (AvgIpc) is 2.15. The molecule has 0 unspecified atom stereocenters. The van der Waals surface area contributed by atoms with Gasteiger partial charge in [0, 0.05) is 30.8 Å². The van der Waals surface area contributed by atoms with Crippen LogP contribution in [-0.4, -0.2) is 34.5 Å². The summed E-state index contributed by atoms with van der Waals surface area (Å²) in [5, 5.41) is 0.516. The van der Waals surface area contributed by atoms with E-state index in [-0.39, 0.29) is 6.54 Å². The zero-order valence-electron chi connectivity index (χ0n) is 9.47. The fourth-order valence-electron chi connectivity index (χ4n) is 1.55. The SMILES string of the molecule is Cc1cncc(CN(CCBr)CC(F)(F)F)c1. The Morgan fingerprint density at radius 1 is 1.35 bits per heavy atom. The number of nitrogens with zero attached hydrogens (tertiary/aromatic N) is 2. The second kappa shape index (κ2) is 6.35. The van der Waals surface area contributed by atoms with Gasteiger partial charge in [0.05, 0.1) is 6.54 Å². The summed E-state index contributed by atoms with van der Waals surface area (Å²) in [5.41, 5.74) is 1.75. The Morgan fingerprint density at radius 2 is 2.06 bits per heavy atom. The van der Waals surface area contributed by atoms with Crippen molar-refractivity contribution in [3.63, 3.8) is 0 Å². The monoisotopic (exact) mass is 310 g/mol. The largest absolute Gasteiger partial charge is 0.401 e. The molecule has 0 saturated heterocycles. The minimum absolute atomic E-state index is 0.264. The van der Waals surface area contributed by atoms with E-state index in [1.807, 2.05) is 13.0 Å². The molecule has 0 atom stereocenters. The second-order valence-corrected chi connectivity index (χ2v) is 4.68. The first-order valence-electron chi connectivity index (χ1n) is 5.16. The summed E-state index contributed by atoms with van der Waals surface area (Å²) in [4.78, 5) is 5.33. The highest BCUT2D eigenvalue weighted by atomic mass is 79.9. The van der Waals surface area contributed by atoms with Crippen LogP contribution in [0.5, 0.6) is 0 Å². The van der Waals surface area contributed by atoms with Crippen LogP contribution in [0.3, 0.4) is 0 Å². The smallest absolute Gasteiger partial charge is 0.290 e. The van der Waals surface area contributed by atoms with Gasteiger partial charge in [0.2, 0.25) is 0 Å². The molecule has 1 heterocycles. The Bertz CT molecular complexity index is 355. The third-order valence-corrected chi connectivity index (χ3v) is 2.50. The molecule has 0 bridgehead atoms. The number of hydrogen-bond acceptors (Lipinski definition) is 2. The summed E-state index contributed by atoms with van der Waals surface area (Å²) >= 11 is 3.16. The highest BCUT2D eigenvalue weighted by Crippen LogP contribution is 2.18. The average molecular weight is 311 g/mol. The molecule has 0 aromatic carbocycles. The minimum atomic E-state index is -4.17. The van der Waals surface area contributed by atoms with Gasteiger partial charge in [0.15, 0.2) is 0 Å². The number of alkyl halides is 4. The standard InChI is InChI=1S/C11H14BrF3N2/c1-9-4-10(6-16-5-9)7-17(3-2-12)8-11(13,14)15/h4-6H,2-3,7-8H2,1H3. The maximum Gasteiger partial charge on any atom is 0.401 e. The summed E-state index contributed by atoms with van der Waals surface area (Å²) < 4.78 is 37.0. The molecule has 17 heavy (non-hydrogen) atoms. The van der Waals surface area contributed by atoms with Gasteiger partial charge >= 0.3 is 6.18 Å². The summed E-state index contributed by atoms with van der Waals surface area (Å²) in [7, 11) is 0. The molecule has 0 aliphatic rings. The number of halogens is 4. The zero-order valence-corrected chi connectivity index (χ0v) is 11.1. The van der Waals surface area contributed by atoms with Gasteiger partial charge in [-0.25, -0.2) is 0 Å². The number of hydrogen-bond donors (Lipinski definition) is 0. The van der Waals surface area contributed by atoms with Gasteiger partial charge in [-0.05, 0) is 18.1 Å². The molecule has 0 N–H and O–H groups in total. The topological polar surface area (TPSA) is 16.1 Å². The molecule has 2 nitrogen and oxygen atoms in total. The van der Waals surface area contributed by atoms with Crippen molar-refractivity contribution < 1.29 is 13.2 Å². The quantitative estimate of drug-likeness (QED) is 0.777. The summed E-state index contributed by atoms with van der Waals surface area (Å²) in [5.74, 6) is 0. The molecule has 0 saturated carbocycles. The lowest BCUT2D eigenvalue weighted by molar-refractivity contribution is -0.146. The summed E-state index contributed by atoms with van der Waals surface area (Å²) in [6.45, 7) is 1.59. The van der Waals surface area contributed by atoms with Crippen LogP contribution in [-0.2, 0) is 6.54 Å². The Hall–Kier alpha value is -0.620. The Balaban J connectivity index is 2.66. The predicted octanol–water partition coefficient (Wildman–Crippen LogP) is 3.15. The van der Waals surface area contributed by atoms with Crippen molar-refractivity contribution in [2.45, 2.75) is 19.6 Å². The molecule has 1 aromatic rings. The van der Waals surface area contributed by atoms with E-state index < -0.39 is 12.7 Å². The Kier molecular flexibility index (Phi) is 5.39. The molecule has 0 amide bonds. The van der Waals surface area contributed by atoms with Crippen LogP contribution in [0.25, 0.3) is 0 Å². The lowest BCUT2D eigenvalue weighted by atomic mass is 10.2. The lowest BCUT2D eigenvalue weighted by Crippen LogP contribution is -2.35. The van der Waals surface area contributed by atoms with Crippen molar-refractivity contribution in [3.8, 4) is 0 Å². The molecule has 0 aliphatic carbocycles. The number of rotatable bonds is 5. The fraction of sp³-hybridized carbons (Fsp3) is 0.545. The van der Waals surface area contributed by atoms with Crippen LogP contribution in [0.1, 0.15) is 11.1 Å². The number of aryl methyl sites for hydroxylation is 1. The second-order valence-electron chi connectivity index (χ2n) is 3.89. The van der Waals surface area contributed by atoms with E-state index in [1.165, 1.54) is 4.90 Å². The van der Waals surface area contributed by atoms with Crippen LogP contribution in [0, 0.1) is 6.92 Å². The third kappa shape index (κ3) is 6.02. The van der Waals surface area contributed by atoms with E-state index >= 15 is 0 Å². The first-order valence-corrected chi connectivity index (χ1v) is 6.28. The molecule has 6 heteroatoms. The number of aromatic nitrogens is 1. The molecule has 96 valence electrons. The Morgan fingerprint density at radius 3 is 2.59 bits per heavy atom. The van der Waals surface area contributed by atoms with Gasteiger partial charge in [0.1, 0.15) is 0 Å². The maximum atomic E-state index is 12.3. The molecule has 0 aliphatic heterocycles. The molecule has 0 spiro atoms. The van der Waals surface area contributed by atoms with E-state index in [4.69, 9.17) is 0 Å². The van der Waals surface area contributed by atoms with Crippen LogP contribution < -0.4 is 0 Å². The molecular formula is C11H14BrF3N2. The molecule has 0 radical (unpaired) electrons. The van der Waals surface area contributed by atoms with Crippen LogP contribution in [0.4, 0.5) is 13.2 Å². The van der Waals surface area contributed by atoms with Gasteiger partial charge in [-0.2, -0.15) is 13.2 Å². The van der Waals surface area contributed by atoms with Gasteiger partial charge < -0.3 is 0 Å². The van der Waals surface area contributed by atoms with E-state index in [0.29, 0.717) is 11.9 Å². The maximum absolute atomic E-state index is 12.3. The van der Waals surface area contributed by atoms with Crippen molar-refractivity contribution in [2.75, 3.05) is 18.4 Å². The van der Waals surface area contributed by atoms with Gasteiger partial charge in [0.25, 0.3) is 0 Å². The normalized spacial score (nSPS) is 12.1. The van der Waals surface area contributed by atoms with Crippen molar-refractivity contribution >= 4 is 15.9 Å². The van der Waals surface area contributed by atoms with Crippen molar-refractivity contribution in [2.24, 2.45) is 0 Å². The van der Waals surface area contributed by atoms with Gasteiger partial charge in [-0.15, -0.1) is 0 Å². The molecule has 1 rings (SSSR count). The van der Waals surface area contributed by atoms with Crippen LogP contribution in [0.15, 0.2) is 18.5 Å². The lowest BCUT2D eigenvalue weighted by Gasteiger charge is -2.22. The van der Waals surface area contributed by atoms with Crippen molar-refractivity contribution in [3.05, 3.63) is 29.6 Å². The van der Waals surface area contributed by atoms with E-state index in [0.717, 1.165) is 11.1 Å². The van der Waals surface area contributed by atoms with E-state index in [1.54, 1.807) is 12.4 Å². The summed E-state index contributed by atoms with van der Waals surface area (Å²) in [6.07, 6.45) is -0.883. The summed E-state index contributed by atoms with van der Waals surface area (Å²) in [6, 6.07) is 1.85. The van der Waals surface area contributed by atoms with Crippen LogP contribution >= 0.6 is 15.9 Å². The molecule has 0 fully saturated rings. The zero-order chi connectivity index (χ0) is 12.9. The Labute approximate surface area is 107 Å². The van der Waals surface area contributed by atoms with E-state index in [2.05, 4.69) is 20.9 Å². The highest BCUT2D eigenvalue weighted by Gasteiger charge is 2.30. The molecule has 1 aromatic heterocycles. The number of pyridine rings is 1. The third-order valence-electron chi connectivity index (χ3n) is 2.14. The van der Waals surface area contributed by atoms with Crippen LogP contribution in [0.2, 0.25) is 0 Å². The van der Waals surface area contributed by atoms with Gasteiger partial charge in [-0.3, -0.25) is 9.88 Å². The molecular weight excluding hydrogens is 297 g/mol. The first kappa shape index (κ1) is 14.4. The first-order chi connectivity index (χ1) is 7.90. The minimum Gasteiger partial charge on any atom is -0.290 e. The predicted molar refractivity (Wildman–Crippen MR) is 64.1 cm³/mol.